The van der Waals surface area contributed by atoms with E-state index < -0.39 is 0 Å². The van der Waals surface area contributed by atoms with E-state index in [0.29, 0.717) is 28.7 Å². The van der Waals surface area contributed by atoms with Gasteiger partial charge in [-0.1, -0.05) is 12.1 Å². The first kappa shape index (κ1) is 10.6. The van der Waals surface area contributed by atoms with Gasteiger partial charge < -0.3 is 4.42 Å². The number of carbonyl (C=O) groups is 1. The van der Waals surface area contributed by atoms with Crippen molar-refractivity contribution in [3.63, 3.8) is 0 Å². The lowest BCUT2D eigenvalue weighted by Crippen LogP contribution is -1.90. The first-order valence-electron chi connectivity index (χ1n) is 4.94. The molecule has 1 aromatic carbocycles. The summed E-state index contributed by atoms with van der Waals surface area (Å²) < 4.78 is 18.9. The monoisotopic (exact) mass is 218 g/mol. The second-order valence-corrected chi connectivity index (χ2v) is 3.69. The Morgan fingerprint density at radius 2 is 1.94 bits per heavy atom. The van der Waals surface area contributed by atoms with Gasteiger partial charge in [0.25, 0.3) is 0 Å². The second kappa shape index (κ2) is 3.93. The summed E-state index contributed by atoms with van der Waals surface area (Å²) in [6, 6.07) is 6.72. The van der Waals surface area contributed by atoms with Crippen molar-refractivity contribution in [2.45, 2.75) is 13.8 Å². The van der Waals surface area contributed by atoms with Crippen molar-refractivity contribution in [3.05, 3.63) is 47.0 Å². The highest BCUT2D eigenvalue weighted by atomic mass is 19.1. The van der Waals surface area contributed by atoms with Crippen LogP contribution in [-0.4, -0.2) is 6.29 Å². The van der Waals surface area contributed by atoms with Crippen LogP contribution in [0.3, 0.4) is 0 Å². The van der Waals surface area contributed by atoms with Crippen molar-refractivity contribution in [1.29, 1.82) is 0 Å². The summed E-state index contributed by atoms with van der Waals surface area (Å²) in [5.74, 6) is 0.524. The van der Waals surface area contributed by atoms with Crippen LogP contribution in [0, 0.1) is 19.7 Å². The molecule has 3 heteroatoms. The maximum atomic E-state index is 13.7. The van der Waals surface area contributed by atoms with Gasteiger partial charge >= 0.3 is 0 Å². The van der Waals surface area contributed by atoms with E-state index in [-0.39, 0.29) is 11.6 Å². The molecule has 0 aliphatic rings. The van der Waals surface area contributed by atoms with Crippen molar-refractivity contribution >= 4 is 6.29 Å². The van der Waals surface area contributed by atoms with Crippen LogP contribution in [0.2, 0.25) is 0 Å². The van der Waals surface area contributed by atoms with Crippen LogP contribution in [0.4, 0.5) is 4.39 Å². The lowest BCUT2D eigenvalue weighted by atomic mass is 10.0. The standard InChI is InChI=1S/C13H11FO2/c1-8-3-5-11(9(2)13(8)14)12-6-4-10(7-15)16-12/h3-7H,1-2H3. The Kier molecular flexibility index (Phi) is 2.60. The van der Waals surface area contributed by atoms with Gasteiger partial charge in [0.2, 0.25) is 0 Å². The highest BCUT2D eigenvalue weighted by Crippen LogP contribution is 2.27. The third kappa shape index (κ3) is 1.65. The first-order chi connectivity index (χ1) is 7.63. The van der Waals surface area contributed by atoms with Gasteiger partial charge in [-0.05, 0) is 37.1 Å². The van der Waals surface area contributed by atoms with Gasteiger partial charge in [-0.3, -0.25) is 4.79 Å². The minimum Gasteiger partial charge on any atom is -0.453 e. The summed E-state index contributed by atoms with van der Waals surface area (Å²) in [5, 5.41) is 0. The number of rotatable bonds is 2. The van der Waals surface area contributed by atoms with Crippen LogP contribution in [0.25, 0.3) is 11.3 Å². The molecule has 1 heterocycles. The Morgan fingerprint density at radius 3 is 2.56 bits per heavy atom. The zero-order valence-electron chi connectivity index (χ0n) is 9.08. The maximum Gasteiger partial charge on any atom is 0.185 e. The molecule has 0 unspecified atom stereocenters. The largest absolute Gasteiger partial charge is 0.453 e. The van der Waals surface area contributed by atoms with Gasteiger partial charge in [0.05, 0.1) is 0 Å². The van der Waals surface area contributed by atoms with Crippen molar-refractivity contribution < 1.29 is 13.6 Å². The van der Waals surface area contributed by atoms with E-state index in [1.807, 2.05) is 0 Å². The molecule has 0 atom stereocenters. The number of hydrogen-bond acceptors (Lipinski definition) is 2. The number of hydrogen-bond donors (Lipinski definition) is 0. The topological polar surface area (TPSA) is 30.2 Å². The fourth-order valence-electron chi connectivity index (χ4n) is 1.65. The van der Waals surface area contributed by atoms with Crippen molar-refractivity contribution in [2.24, 2.45) is 0 Å². The Labute approximate surface area is 92.7 Å². The smallest absolute Gasteiger partial charge is 0.185 e. The highest BCUT2D eigenvalue weighted by molar-refractivity contribution is 5.73. The normalized spacial score (nSPS) is 10.4. The van der Waals surface area contributed by atoms with E-state index in [9.17, 15) is 9.18 Å². The minimum absolute atomic E-state index is 0.235. The molecule has 0 fully saturated rings. The molecule has 2 aromatic rings. The van der Waals surface area contributed by atoms with E-state index >= 15 is 0 Å². The molecular formula is C13H11FO2. The van der Waals surface area contributed by atoms with Gasteiger partial charge in [-0.25, -0.2) is 4.39 Å². The van der Waals surface area contributed by atoms with E-state index in [1.54, 1.807) is 38.1 Å². The first-order valence-corrected chi connectivity index (χ1v) is 4.94. The predicted octanol–water partition coefficient (Wildman–Crippen LogP) is 3.52. The molecule has 0 saturated heterocycles. The summed E-state index contributed by atoms with van der Waals surface area (Å²) in [6.07, 6.45) is 0.628. The van der Waals surface area contributed by atoms with Crippen LogP contribution in [0.15, 0.2) is 28.7 Å². The van der Waals surface area contributed by atoms with Crippen molar-refractivity contribution in [3.8, 4) is 11.3 Å². The van der Waals surface area contributed by atoms with Crippen molar-refractivity contribution in [2.75, 3.05) is 0 Å². The molecule has 0 aliphatic heterocycles. The number of benzene rings is 1. The molecule has 2 nitrogen and oxygen atoms in total. The third-order valence-corrected chi connectivity index (χ3v) is 2.59. The van der Waals surface area contributed by atoms with Gasteiger partial charge in [0.15, 0.2) is 12.0 Å². The molecule has 1 aromatic heterocycles. The molecule has 0 spiro atoms. The van der Waals surface area contributed by atoms with Gasteiger partial charge in [0.1, 0.15) is 11.6 Å². The molecule has 16 heavy (non-hydrogen) atoms. The Bertz CT molecular complexity index is 541. The fraction of sp³-hybridized carbons (Fsp3) is 0.154. The zero-order valence-corrected chi connectivity index (χ0v) is 9.08. The molecule has 0 bridgehead atoms. The summed E-state index contributed by atoms with van der Waals surface area (Å²) in [6.45, 7) is 3.41. The number of aldehydes is 1. The number of halogens is 1. The molecule has 2 rings (SSSR count). The van der Waals surface area contributed by atoms with Crippen LogP contribution >= 0.6 is 0 Å². The highest BCUT2D eigenvalue weighted by Gasteiger charge is 2.11. The summed E-state index contributed by atoms with van der Waals surface area (Å²) in [4.78, 5) is 10.5. The Morgan fingerprint density at radius 1 is 1.19 bits per heavy atom. The average molecular weight is 218 g/mol. The Hall–Kier alpha value is -1.90. The average Bonchev–Trinajstić information content (AvgIpc) is 2.74. The van der Waals surface area contributed by atoms with Gasteiger partial charge in [-0.2, -0.15) is 0 Å². The molecule has 0 aliphatic carbocycles. The van der Waals surface area contributed by atoms with Gasteiger partial charge in [0, 0.05) is 5.56 Å². The summed E-state index contributed by atoms with van der Waals surface area (Å²) in [5.41, 5.74) is 1.81. The lowest BCUT2D eigenvalue weighted by molar-refractivity contribution is 0.110. The molecule has 0 N–H and O–H groups in total. The van der Waals surface area contributed by atoms with E-state index in [0.717, 1.165) is 0 Å². The van der Waals surface area contributed by atoms with Crippen LogP contribution in [0.1, 0.15) is 21.7 Å². The number of carbonyl (C=O) groups excluding carboxylic acids is 1. The van der Waals surface area contributed by atoms with E-state index in [4.69, 9.17) is 4.42 Å². The Balaban J connectivity index is 2.56. The second-order valence-electron chi connectivity index (χ2n) is 3.69. The molecule has 0 amide bonds. The molecular weight excluding hydrogens is 207 g/mol. The maximum absolute atomic E-state index is 13.7. The number of aryl methyl sites for hydroxylation is 1. The van der Waals surface area contributed by atoms with Gasteiger partial charge in [-0.15, -0.1) is 0 Å². The van der Waals surface area contributed by atoms with E-state index in [2.05, 4.69) is 0 Å². The quantitative estimate of drug-likeness (QED) is 0.722. The van der Waals surface area contributed by atoms with E-state index in [1.165, 1.54) is 0 Å². The fourth-order valence-corrected chi connectivity index (χ4v) is 1.65. The summed E-state index contributed by atoms with van der Waals surface area (Å²) >= 11 is 0. The SMILES string of the molecule is Cc1ccc(-c2ccc(C=O)o2)c(C)c1F. The van der Waals surface area contributed by atoms with Crippen LogP contribution < -0.4 is 0 Å². The summed E-state index contributed by atoms with van der Waals surface area (Å²) in [7, 11) is 0. The lowest BCUT2D eigenvalue weighted by Gasteiger charge is -2.05. The predicted molar refractivity (Wildman–Crippen MR) is 59.0 cm³/mol. The molecule has 82 valence electrons. The van der Waals surface area contributed by atoms with Crippen molar-refractivity contribution in [1.82, 2.24) is 0 Å². The minimum atomic E-state index is -0.235. The molecule has 0 saturated carbocycles. The zero-order chi connectivity index (χ0) is 11.7. The van der Waals surface area contributed by atoms with Crippen LogP contribution in [0.5, 0.6) is 0 Å². The number of furan rings is 1. The van der Waals surface area contributed by atoms with Crippen LogP contribution in [-0.2, 0) is 0 Å². The molecule has 0 radical (unpaired) electrons. The third-order valence-electron chi connectivity index (χ3n) is 2.59.